The molecule has 0 radical (unpaired) electrons. The molecule has 2 atom stereocenters. The molecule has 0 spiro atoms. The Morgan fingerprint density at radius 1 is 1.35 bits per heavy atom. The number of hydrogen-bond acceptors (Lipinski definition) is 3. The molecule has 1 aromatic rings. The van der Waals surface area contributed by atoms with E-state index in [1.807, 2.05) is 0 Å². The second-order valence-corrected chi connectivity index (χ2v) is 6.28. The number of hydrogen-bond donors (Lipinski definition) is 1. The van der Waals surface area contributed by atoms with Crippen molar-refractivity contribution in [3.63, 3.8) is 0 Å². The van der Waals surface area contributed by atoms with Crippen molar-refractivity contribution in [2.45, 2.75) is 59.0 Å². The number of nitrogens with zero attached hydrogens (tertiary/aromatic N) is 2. The minimum Gasteiger partial charge on any atom is -0.306 e. The van der Waals surface area contributed by atoms with Gasteiger partial charge in [0, 0.05) is 23.7 Å². The van der Waals surface area contributed by atoms with Gasteiger partial charge in [0.15, 0.2) is 0 Å². The van der Waals surface area contributed by atoms with Crippen LogP contribution in [0.25, 0.3) is 0 Å². The first-order chi connectivity index (χ1) is 7.85. The Kier molecular flexibility index (Phi) is 3.21. The van der Waals surface area contributed by atoms with Crippen LogP contribution in [0.2, 0.25) is 0 Å². The van der Waals surface area contributed by atoms with Gasteiger partial charge in [0.2, 0.25) is 0 Å². The van der Waals surface area contributed by atoms with Crippen molar-refractivity contribution in [3.05, 3.63) is 23.3 Å². The van der Waals surface area contributed by atoms with Gasteiger partial charge in [0.25, 0.3) is 0 Å². The van der Waals surface area contributed by atoms with Gasteiger partial charge in [0.1, 0.15) is 5.82 Å². The van der Waals surface area contributed by atoms with Crippen molar-refractivity contribution in [2.24, 2.45) is 5.92 Å². The lowest BCUT2D eigenvalue weighted by Gasteiger charge is -2.20. The molecule has 1 saturated carbocycles. The molecule has 3 heteroatoms. The summed E-state index contributed by atoms with van der Waals surface area (Å²) in [5.41, 5.74) is 2.33. The van der Waals surface area contributed by atoms with Gasteiger partial charge in [0.05, 0.1) is 5.69 Å². The molecule has 94 valence electrons. The summed E-state index contributed by atoms with van der Waals surface area (Å²) < 4.78 is 0. The van der Waals surface area contributed by atoms with E-state index < -0.39 is 0 Å². The highest BCUT2D eigenvalue weighted by molar-refractivity contribution is 5.16. The zero-order valence-electron chi connectivity index (χ0n) is 11.5. The summed E-state index contributed by atoms with van der Waals surface area (Å²) in [5, 5.41) is 3.47. The Hall–Kier alpha value is -0.960. The van der Waals surface area contributed by atoms with E-state index in [0.29, 0.717) is 5.92 Å². The molecule has 1 aliphatic carbocycles. The molecule has 2 rings (SSSR count). The molecule has 2 unspecified atom stereocenters. The summed E-state index contributed by atoms with van der Waals surface area (Å²) >= 11 is 0. The predicted molar refractivity (Wildman–Crippen MR) is 69.9 cm³/mol. The lowest BCUT2D eigenvalue weighted by Crippen LogP contribution is -2.35. The lowest BCUT2D eigenvalue weighted by molar-refractivity contribution is 0.420. The van der Waals surface area contributed by atoms with Gasteiger partial charge in [-0.15, -0.1) is 0 Å². The van der Waals surface area contributed by atoms with Crippen LogP contribution in [0.15, 0.2) is 6.07 Å². The van der Waals surface area contributed by atoms with Crippen LogP contribution in [0, 0.1) is 12.8 Å². The highest BCUT2D eigenvalue weighted by Gasteiger charge is 2.36. The van der Waals surface area contributed by atoms with Crippen molar-refractivity contribution >= 4 is 0 Å². The zero-order chi connectivity index (χ0) is 12.6. The smallest absolute Gasteiger partial charge is 0.132 e. The first-order valence-electron chi connectivity index (χ1n) is 6.44. The van der Waals surface area contributed by atoms with E-state index >= 15 is 0 Å². The van der Waals surface area contributed by atoms with Crippen molar-refractivity contribution in [1.82, 2.24) is 15.3 Å². The van der Waals surface area contributed by atoms with Gasteiger partial charge >= 0.3 is 0 Å². The van der Waals surface area contributed by atoms with E-state index in [0.717, 1.165) is 29.7 Å². The maximum atomic E-state index is 4.68. The van der Waals surface area contributed by atoms with Gasteiger partial charge in [-0.2, -0.15) is 0 Å². The molecule has 1 fully saturated rings. The third-order valence-electron chi connectivity index (χ3n) is 3.17. The Morgan fingerprint density at radius 2 is 2.00 bits per heavy atom. The van der Waals surface area contributed by atoms with E-state index in [1.54, 1.807) is 0 Å². The Labute approximate surface area is 104 Å². The maximum absolute atomic E-state index is 4.68. The molecule has 1 aromatic heterocycles. The molecule has 1 heterocycles. The normalized spacial score (nSPS) is 23.8. The molecular weight excluding hydrogens is 210 g/mol. The first-order valence-corrected chi connectivity index (χ1v) is 6.44. The monoisotopic (exact) mass is 233 g/mol. The topological polar surface area (TPSA) is 37.8 Å². The summed E-state index contributed by atoms with van der Waals surface area (Å²) in [6.45, 7) is 11.7. The lowest BCUT2D eigenvalue weighted by atomic mass is 10.1. The Morgan fingerprint density at radius 3 is 2.53 bits per heavy atom. The van der Waals surface area contributed by atoms with Crippen molar-refractivity contribution in [2.75, 3.05) is 0 Å². The fourth-order valence-electron chi connectivity index (χ4n) is 1.95. The van der Waals surface area contributed by atoms with Crippen molar-refractivity contribution in [1.29, 1.82) is 0 Å². The number of aromatic nitrogens is 2. The van der Waals surface area contributed by atoms with Crippen LogP contribution < -0.4 is 5.32 Å². The molecule has 3 nitrogen and oxygen atoms in total. The molecular formula is C14H23N3. The van der Waals surface area contributed by atoms with E-state index in [-0.39, 0.29) is 5.54 Å². The van der Waals surface area contributed by atoms with Gasteiger partial charge in [-0.1, -0.05) is 6.92 Å². The fraction of sp³-hybridized carbons (Fsp3) is 0.714. The summed E-state index contributed by atoms with van der Waals surface area (Å²) in [4.78, 5) is 9.23. The van der Waals surface area contributed by atoms with E-state index in [4.69, 9.17) is 0 Å². The molecule has 0 aliphatic heterocycles. The second kappa shape index (κ2) is 4.37. The van der Waals surface area contributed by atoms with E-state index in [2.05, 4.69) is 56.0 Å². The third kappa shape index (κ3) is 3.50. The zero-order valence-corrected chi connectivity index (χ0v) is 11.5. The van der Waals surface area contributed by atoms with Gasteiger partial charge in [-0.05, 0) is 46.1 Å². The van der Waals surface area contributed by atoms with Crippen LogP contribution in [0.5, 0.6) is 0 Å². The molecule has 0 bridgehead atoms. The standard InChI is InChI=1S/C14H23N3/c1-9-6-12(9)13-16-10(2)7-11(17-13)8-15-14(3,4)5/h7,9,12,15H,6,8H2,1-5H3. The minimum absolute atomic E-state index is 0.131. The second-order valence-electron chi connectivity index (χ2n) is 6.28. The van der Waals surface area contributed by atoms with Gasteiger partial charge < -0.3 is 5.32 Å². The summed E-state index contributed by atoms with van der Waals surface area (Å²) in [7, 11) is 0. The SMILES string of the molecule is Cc1cc(CNC(C)(C)C)nc(C2CC2C)n1. The van der Waals surface area contributed by atoms with Crippen molar-refractivity contribution < 1.29 is 0 Å². The predicted octanol–water partition coefficient (Wildman–Crippen LogP) is 2.80. The molecule has 0 saturated heterocycles. The summed E-state index contributed by atoms with van der Waals surface area (Å²) in [5.74, 6) is 2.41. The minimum atomic E-state index is 0.131. The third-order valence-corrected chi connectivity index (χ3v) is 3.17. The Bertz CT molecular complexity index is 406. The molecule has 0 aromatic carbocycles. The van der Waals surface area contributed by atoms with Crippen LogP contribution in [0.1, 0.15) is 57.2 Å². The van der Waals surface area contributed by atoms with Crippen LogP contribution in [-0.4, -0.2) is 15.5 Å². The fourth-order valence-corrected chi connectivity index (χ4v) is 1.95. The van der Waals surface area contributed by atoms with Crippen LogP contribution >= 0.6 is 0 Å². The van der Waals surface area contributed by atoms with Gasteiger partial charge in [-0.3, -0.25) is 0 Å². The highest BCUT2D eigenvalue weighted by atomic mass is 15.0. The Balaban J connectivity index is 2.09. The maximum Gasteiger partial charge on any atom is 0.132 e. The molecule has 17 heavy (non-hydrogen) atoms. The molecule has 0 amide bonds. The van der Waals surface area contributed by atoms with E-state index in [9.17, 15) is 0 Å². The molecule has 1 aliphatic rings. The highest BCUT2D eigenvalue weighted by Crippen LogP contribution is 2.45. The van der Waals surface area contributed by atoms with Crippen LogP contribution in [0.4, 0.5) is 0 Å². The number of aryl methyl sites for hydroxylation is 1. The summed E-state index contributed by atoms with van der Waals surface area (Å²) in [6, 6.07) is 2.08. The largest absolute Gasteiger partial charge is 0.306 e. The molecule has 1 N–H and O–H groups in total. The quantitative estimate of drug-likeness (QED) is 0.872. The number of nitrogens with one attached hydrogen (secondary N) is 1. The first kappa shape index (κ1) is 12.5. The number of rotatable bonds is 3. The average Bonchev–Trinajstić information content (AvgIpc) is 2.91. The van der Waals surface area contributed by atoms with Gasteiger partial charge in [-0.25, -0.2) is 9.97 Å². The van der Waals surface area contributed by atoms with E-state index in [1.165, 1.54) is 6.42 Å². The van der Waals surface area contributed by atoms with Crippen LogP contribution in [-0.2, 0) is 6.54 Å². The summed E-state index contributed by atoms with van der Waals surface area (Å²) in [6.07, 6.45) is 1.25. The average molecular weight is 233 g/mol. The van der Waals surface area contributed by atoms with Crippen molar-refractivity contribution in [3.8, 4) is 0 Å². The van der Waals surface area contributed by atoms with Crippen LogP contribution in [0.3, 0.4) is 0 Å².